The zero-order valence-electron chi connectivity index (χ0n) is 8.08. The number of alkyl halides is 1. The largest absolute Gasteiger partial charge is 0.479 e. The van der Waals surface area contributed by atoms with Crippen LogP contribution in [0.25, 0.3) is 0 Å². The molecule has 3 nitrogen and oxygen atoms in total. The number of hydrogen-bond acceptors (Lipinski definition) is 2. The van der Waals surface area contributed by atoms with E-state index in [0.717, 1.165) is 12.1 Å². The van der Waals surface area contributed by atoms with E-state index in [1.54, 1.807) is 0 Å². The van der Waals surface area contributed by atoms with E-state index < -0.39 is 23.2 Å². The van der Waals surface area contributed by atoms with Gasteiger partial charge in [-0.3, -0.25) is 0 Å². The van der Waals surface area contributed by atoms with Crippen molar-refractivity contribution in [2.75, 3.05) is 5.33 Å². The van der Waals surface area contributed by atoms with Crippen LogP contribution in [0.5, 0.6) is 0 Å². The summed E-state index contributed by atoms with van der Waals surface area (Å²) in [5.41, 5.74) is -1.98. The second-order valence-corrected chi connectivity index (χ2v) is 3.99. The molecule has 1 atom stereocenters. The summed E-state index contributed by atoms with van der Waals surface area (Å²) in [6, 6.07) is 2.65. The van der Waals surface area contributed by atoms with Crippen LogP contribution in [0.3, 0.4) is 0 Å². The highest BCUT2D eigenvalue weighted by Gasteiger charge is 2.35. The first-order valence-electron chi connectivity index (χ1n) is 4.34. The summed E-state index contributed by atoms with van der Waals surface area (Å²) in [5, 5.41) is 18.2. The predicted octanol–water partition coefficient (Wildman–Crippen LogP) is 1.72. The van der Waals surface area contributed by atoms with Crippen molar-refractivity contribution in [2.24, 2.45) is 0 Å². The number of aliphatic carboxylic acids is 1. The molecule has 1 rings (SSSR count). The van der Waals surface area contributed by atoms with Crippen LogP contribution >= 0.6 is 15.9 Å². The monoisotopic (exact) mass is 294 g/mol. The first-order valence-corrected chi connectivity index (χ1v) is 5.46. The number of carboxylic acids is 1. The molecule has 6 heteroatoms. The van der Waals surface area contributed by atoms with Crippen molar-refractivity contribution >= 4 is 21.9 Å². The molecule has 0 aliphatic heterocycles. The van der Waals surface area contributed by atoms with E-state index in [4.69, 9.17) is 5.11 Å². The van der Waals surface area contributed by atoms with Crippen LogP contribution < -0.4 is 0 Å². The van der Waals surface area contributed by atoms with E-state index in [-0.39, 0.29) is 17.3 Å². The highest BCUT2D eigenvalue weighted by molar-refractivity contribution is 9.09. The number of carboxylic acid groups (broad SMARTS) is 1. The molecule has 1 aromatic carbocycles. The van der Waals surface area contributed by atoms with Gasteiger partial charge < -0.3 is 10.2 Å². The number of benzene rings is 1. The molecular weight excluding hydrogens is 286 g/mol. The van der Waals surface area contributed by atoms with Crippen LogP contribution in [0.15, 0.2) is 18.2 Å². The number of aliphatic hydroxyl groups is 1. The van der Waals surface area contributed by atoms with Gasteiger partial charge in [-0.2, -0.15) is 0 Å². The molecule has 0 aliphatic rings. The first-order chi connectivity index (χ1) is 7.37. The minimum absolute atomic E-state index is 0.0850. The maximum absolute atomic E-state index is 12.8. The average molecular weight is 295 g/mol. The predicted molar refractivity (Wildman–Crippen MR) is 56.4 cm³/mol. The van der Waals surface area contributed by atoms with Crippen LogP contribution in [-0.2, 0) is 11.2 Å². The van der Waals surface area contributed by atoms with Gasteiger partial charge in [0.05, 0.1) is 0 Å². The molecule has 0 heterocycles. The van der Waals surface area contributed by atoms with Gasteiger partial charge in [0.1, 0.15) is 11.6 Å². The Hall–Kier alpha value is -1.01. The second kappa shape index (κ2) is 4.88. The molecule has 0 radical (unpaired) electrons. The standard InChI is InChI=1S/C10H9BrF2O3/c11-5-10(16,9(14)15)4-6-1-7(12)3-8(13)2-6/h1-3,16H,4-5H2,(H,14,15)/t10-/m0/s1. The van der Waals surface area contributed by atoms with E-state index in [2.05, 4.69) is 15.9 Å². The Balaban J connectivity index is 2.99. The molecule has 2 N–H and O–H groups in total. The normalized spacial score (nSPS) is 14.5. The summed E-state index contributed by atoms with van der Waals surface area (Å²) in [6.45, 7) is 0. The zero-order valence-corrected chi connectivity index (χ0v) is 9.67. The van der Waals surface area contributed by atoms with Gasteiger partial charge in [-0.1, -0.05) is 15.9 Å². The minimum Gasteiger partial charge on any atom is -0.479 e. The fourth-order valence-corrected chi connectivity index (χ4v) is 1.67. The van der Waals surface area contributed by atoms with Crippen LogP contribution in [0, 0.1) is 11.6 Å². The lowest BCUT2D eigenvalue weighted by Crippen LogP contribution is -2.42. The summed E-state index contributed by atoms with van der Waals surface area (Å²) in [6.07, 6.45) is -0.373. The zero-order chi connectivity index (χ0) is 12.3. The van der Waals surface area contributed by atoms with Gasteiger partial charge in [-0.05, 0) is 17.7 Å². The molecule has 0 spiro atoms. The molecule has 0 saturated heterocycles. The van der Waals surface area contributed by atoms with E-state index in [9.17, 15) is 18.7 Å². The molecule has 0 fully saturated rings. The Labute approximate surface area is 98.8 Å². The van der Waals surface area contributed by atoms with Gasteiger partial charge in [-0.25, -0.2) is 13.6 Å². The lowest BCUT2D eigenvalue weighted by Gasteiger charge is -2.20. The third-order valence-corrected chi connectivity index (χ3v) is 2.97. The quantitative estimate of drug-likeness (QED) is 0.832. The van der Waals surface area contributed by atoms with Crippen molar-refractivity contribution in [1.82, 2.24) is 0 Å². The van der Waals surface area contributed by atoms with Gasteiger partial charge in [0.2, 0.25) is 0 Å². The molecule has 0 aromatic heterocycles. The van der Waals surface area contributed by atoms with E-state index >= 15 is 0 Å². The van der Waals surface area contributed by atoms with Crippen molar-refractivity contribution in [3.63, 3.8) is 0 Å². The fourth-order valence-electron chi connectivity index (χ4n) is 1.23. The second-order valence-electron chi connectivity index (χ2n) is 3.42. The molecule has 1 aromatic rings. The van der Waals surface area contributed by atoms with Crippen LogP contribution in [-0.4, -0.2) is 27.1 Å². The van der Waals surface area contributed by atoms with Gasteiger partial charge in [0, 0.05) is 17.8 Å². The molecule has 0 bridgehead atoms. The Morgan fingerprint density at radius 3 is 2.19 bits per heavy atom. The number of rotatable bonds is 4. The summed E-state index contributed by atoms with van der Waals surface area (Å²) < 4.78 is 25.7. The lowest BCUT2D eigenvalue weighted by atomic mass is 9.96. The number of carbonyl (C=O) groups is 1. The first kappa shape index (κ1) is 13.1. The van der Waals surface area contributed by atoms with Gasteiger partial charge >= 0.3 is 5.97 Å². The number of hydrogen-bond donors (Lipinski definition) is 2. The van der Waals surface area contributed by atoms with E-state index in [1.165, 1.54) is 0 Å². The average Bonchev–Trinajstić information content (AvgIpc) is 2.15. The lowest BCUT2D eigenvalue weighted by molar-refractivity contribution is -0.155. The van der Waals surface area contributed by atoms with Crippen LogP contribution in [0.2, 0.25) is 0 Å². The van der Waals surface area contributed by atoms with Crippen molar-refractivity contribution in [3.05, 3.63) is 35.4 Å². The Morgan fingerprint density at radius 1 is 1.31 bits per heavy atom. The molecular formula is C10H9BrF2O3. The maximum Gasteiger partial charge on any atom is 0.336 e. The van der Waals surface area contributed by atoms with Crippen molar-refractivity contribution in [2.45, 2.75) is 12.0 Å². The summed E-state index contributed by atoms with van der Waals surface area (Å²) >= 11 is 2.85. The molecule has 0 amide bonds. The van der Waals surface area contributed by atoms with Crippen molar-refractivity contribution < 1.29 is 23.8 Å². The SMILES string of the molecule is O=C(O)[C@@](O)(CBr)Cc1cc(F)cc(F)c1. The van der Waals surface area contributed by atoms with Gasteiger partial charge in [-0.15, -0.1) is 0 Å². The van der Waals surface area contributed by atoms with Crippen LogP contribution in [0.1, 0.15) is 5.56 Å². The number of halogens is 3. The Morgan fingerprint density at radius 2 is 1.81 bits per heavy atom. The maximum atomic E-state index is 12.8. The molecule has 0 aliphatic carbocycles. The van der Waals surface area contributed by atoms with Gasteiger partial charge in [0.15, 0.2) is 5.60 Å². The fraction of sp³-hybridized carbons (Fsp3) is 0.300. The smallest absolute Gasteiger partial charge is 0.336 e. The third kappa shape index (κ3) is 2.99. The van der Waals surface area contributed by atoms with Gasteiger partial charge in [0.25, 0.3) is 0 Å². The van der Waals surface area contributed by atoms with Crippen molar-refractivity contribution in [3.8, 4) is 0 Å². The van der Waals surface area contributed by atoms with E-state index in [0.29, 0.717) is 6.07 Å². The Kier molecular flexibility index (Phi) is 3.98. The molecule has 88 valence electrons. The third-order valence-electron chi connectivity index (χ3n) is 2.04. The highest BCUT2D eigenvalue weighted by Crippen LogP contribution is 2.18. The summed E-state index contributed by atoms with van der Waals surface area (Å²) in [5.74, 6) is -3.07. The summed E-state index contributed by atoms with van der Waals surface area (Å²) in [4.78, 5) is 10.8. The minimum atomic E-state index is -2.07. The molecule has 0 unspecified atom stereocenters. The molecule has 0 saturated carbocycles. The van der Waals surface area contributed by atoms with Crippen LogP contribution in [0.4, 0.5) is 8.78 Å². The van der Waals surface area contributed by atoms with E-state index in [1.807, 2.05) is 0 Å². The van der Waals surface area contributed by atoms with Crippen molar-refractivity contribution in [1.29, 1.82) is 0 Å². The molecule has 16 heavy (non-hydrogen) atoms. The Bertz CT molecular complexity index is 391. The summed E-state index contributed by atoms with van der Waals surface area (Å²) in [7, 11) is 0. The highest BCUT2D eigenvalue weighted by atomic mass is 79.9. The topological polar surface area (TPSA) is 57.5 Å².